The van der Waals surface area contributed by atoms with Gasteiger partial charge in [0.1, 0.15) is 0 Å². The number of halogens is 1. The zero-order chi connectivity index (χ0) is 19.1. The summed E-state index contributed by atoms with van der Waals surface area (Å²) in [6.45, 7) is 3.60. The SMILES string of the molecule is CCOc1cc(/C=C(\C#N)c2ccc(C)cc2)cc(Cl)c1OCC(=O)O. The minimum absolute atomic E-state index is 0.168. The van der Waals surface area contributed by atoms with Gasteiger partial charge in [0.2, 0.25) is 0 Å². The number of benzene rings is 2. The second-order valence-corrected chi connectivity index (χ2v) is 5.89. The number of hydrogen-bond donors (Lipinski definition) is 1. The standard InChI is InChI=1S/C20H18ClNO4/c1-3-25-18-10-14(9-17(21)20(18)26-12-19(23)24)8-16(11-22)15-6-4-13(2)5-7-15/h4-10H,3,12H2,1-2H3,(H,23,24)/b16-8+. The number of ether oxygens (including phenoxy) is 2. The Morgan fingerprint density at radius 2 is 1.96 bits per heavy atom. The Morgan fingerprint density at radius 3 is 2.54 bits per heavy atom. The molecule has 26 heavy (non-hydrogen) atoms. The molecule has 0 heterocycles. The number of nitriles is 1. The summed E-state index contributed by atoms with van der Waals surface area (Å²) in [7, 11) is 0. The first-order chi connectivity index (χ1) is 12.4. The fraction of sp³-hybridized carbons (Fsp3) is 0.200. The molecule has 0 fully saturated rings. The summed E-state index contributed by atoms with van der Waals surface area (Å²) in [5, 5.41) is 18.5. The molecular weight excluding hydrogens is 354 g/mol. The summed E-state index contributed by atoms with van der Waals surface area (Å²) in [6, 6.07) is 13.1. The van der Waals surface area contributed by atoms with Gasteiger partial charge in [0, 0.05) is 0 Å². The maximum atomic E-state index is 10.7. The second-order valence-electron chi connectivity index (χ2n) is 5.48. The lowest BCUT2D eigenvalue weighted by Crippen LogP contribution is -2.10. The molecule has 0 spiro atoms. The highest BCUT2D eigenvalue weighted by Crippen LogP contribution is 2.37. The van der Waals surface area contributed by atoms with E-state index in [-0.39, 0.29) is 10.8 Å². The van der Waals surface area contributed by atoms with Crippen LogP contribution in [0.5, 0.6) is 11.5 Å². The van der Waals surface area contributed by atoms with Crippen molar-refractivity contribution in [2.45, 2.75) is 13.8 Å². The largest absolute Gasteiger partial charge is 0.490 e. The van der Waals surface area contributed by atoms with Gasteiger partial charge in [-0.3, -0.25) is 0 Å². The highest BCUT2D eigenvalue weighted by atomic mass is 35.5. The maximum Gasteiger partial charge on any atom is 0.341 e. The highest BCUT2D eigenvalue weighted by molar-refractivity contribution is 6.32. The van der Waals surface area contributed by atoms with E-state index in [1.54, 1.807) is 25.1 Å². The molecule has 0 bridgehead atoms. The topological polar surface area (TPSA) is 79.5 Å². The molecule has 0 aliphatic rings. The van der Waals surface area contributed by atoms with Crippen LogP contribution in [0, 0.1) is 18.3 Å². The second kappa shape index (κ2) is 8.93. The van der Waals surface area contributed by atoms with E-state index < -0.39 is 12.6 Å². The van der Waals surface area contributed by atoms with Gasteiger partial charge >= 0.3 is 5.97 Å². The molecule has 0 unspecified atom stereocenters. The van der Waals surface area contributed by atoms with Gasteiger partial charge in [-0.1, -0.05) is 41.4 Å². The van der Waals surface area contributed by atoms with Crippen LogP contribution in [-0.4, -0.2) is 24.3 Å². The molecule has 0 radical (unpaired) electrons. The van der Waals surface area contributed by atoms with Gasteiger partial charge in [-0.25, -0.2) is 4.79 Å². The fourth-order valence-corrected chi connectivity index (χ4v) is 2.56. The predicted octanol–water partition coefficient (Wildman–Crippen LogP) is 4.57. The molecule has 0 aliphatic heterocycles. The number of carboxylic acids is 1. The Bertz CT molecular complexity index is 867. The summed E-state index contributed by atoms with van der Waals surface area (Å²) in [5.74, 6) is -0.616. The van der Waals surface area contributed by atoms with Crippen molar-refractivity contribution >= 4 is 29.2 Å². The van der Waals surface area contributed by atoms with Crippen LogP contribution in [-0.2, 0) is 4.79 Å². The molecule has 0 atom stereocenters. The average molecular weight is 372 g/mol. The summed E-state index contributed by atoms with van der Waals surface area (Å²) < 4.78 is 10.7. The Morgan fingerprint density at radius 1 is 1.27 bits per heavy atom. The predicted molar refractivity (Wildman–Crippen MR) is 100 cm³/mol. The van der Waals surface area contributed by atoms with Gasteiger partial charge in [0.05, 0.1) is 23.3 Å². The summed E-state index contributed by atoms with van der Waals surface area (Å²) in [4.78, 5) is 10.7. The normalized spacial score (nSPS) is 10.9. The maximum absolute atomic E-state index is 10.7. The molecular formula is C20H18ClNO4. The van der Waals surface area contributed by atoms with Crippen LogP contribution in [0.15, 0.2) is 36.4 Å². The van der Waals surface area contributed by atoms with Crippen molar-refractivity contribution < 1.29 is 19.4 Å². The number of allylic oxidation sites excluding steroid dienone is 1. The zero-order valence-electron chi connectivity index (χ0n) is 14.5. The molecule has 2 rings (SSSR count). The van der Waals surface area contributed by atoms with Gasteiger partial charge in [-0.15, -0.1) is 0 Å². The molecule has 0 aliphatic carbocycles. The lowest BCUT2D eigenvalue weighted by atomic mass is 10.0. The van der Waals surface area contributed by atoms with Crippen molar-refractivity contribution in [3.63, 3.8) is 0 Å². The van der Waals surface area contributed by atoms with E-state index in [0.717, 1.165) is 11.1 Å². The molecule has 5 nitrogen and oxygen atoms in total. The first-order valence-electron chi connectivity index (χ1n) is 7.94. The van der Waals surface area contributed by atoms with Crippen molar-refractivity contribution in [3.05, 3.63) is 58.1 Å². The fourth-order valence-electron chi connectivity index (χ4n) is 2.29. The number of aryl methyl sites for hydroxylation is 1. The van der Waals surface area contributed by atoms with Gasteiger partial charge in [0.25, 0.3) is 0 Å². The average Bonchev–Trinajstić information content (AvgIpc) is 2.60. The molecule has 2 aromatic carbocycles. The van der Waals surface area contributed by atoms with Gasteiger partial charge in [-0.05, 0) is 43.2 Å². The number of nitrogens with zero attached hydrogens (tertiary/aromatic N) is 1. The van der Waals surface area contributed by atoms with E-state index in [4.69, 9.17) is 26.2 Å². The van der Waals surface area contributed by atoms with Crippen LogP contribution < -0.4 is 9.47 Å². The van der Waals surface area contributed by atoms with E-state index in [2.05, 4.69) is 6.07 Å². The number of carbonyl (C=O) groups is 1. The molecule has 0 saturated heterocycles. The third-order valence-electron chi connectivity index (χ3n) is 3.47. The molecule has 1 N–H and O–H groups in total. The summed E-state index contributed by atoms with van der Waals surface area (Å²) >= 11 is 6.24. The van der Waals surface area contributed by atoms with Crippen LogP contribution in [0.4, 0.5) is 0 Å². The number of aliphatic carboxylic acids is 1. The Kier molecular flexibility index (Phi) is 6.65. The molecule has 0 aromatic heterocycles. The number of rotatable bonds is 7. The van der Waals surface area contributed by atoms with E-state index in [9.17, 15) is 10.1 Å². The number of carboxylic acid groups (broad SMARTS) is 1. The van der Waals surface area contributed by atoms with Crippen LogP contribution in [0.1, 0.15) is 23.6 Å². The van der Waals surface area contributed by atoms with E-state index in [1.807, 2.05) is 31.2 Å². The van der Waals surface area contributed by atoms with Crippen LogP contribution in [0.3, 0.4) is 0 Å². The van der Waals surface area contributed by atoms with Crippen LogP contribution in [0.25, 0.3) is 11.6 Å². The summed E-state index contributed by atoms with van der Waals surface area (Å²) in [6.07, 6.45) is 1.69. The molecule has 6 heteroatoms. The van der Waals surface area contributed by atoms with Gasteiger partial charge in [-0.2, -0.15) is 5.26 Å². The van der Waals surface area contributed by atoms with E-state index in [1.165, 1.54) is 0 Å². The van der Waals surface area contributed by atoms with Gasteiger partial charge in [0.15, 0.2) is 18.1 Å². The first-order valence-corrected chi connectivity index (χ1v) is 8.32. The van der Waals surface area contributed by atoms with Crippen molar-refractivity contribution in [2.24, 2.45) is 0 Å². The van der Waals surface area contributed by atoms with Crippen molar-refractivity contribution in [2.75, 3.05) is 13.2 Å². The molecule has 0 saturated carbocycles. The van der Waals surface area contributed by atoms with Crippen LogP contribution in [0.2, 0.25) is 5.02 Å². The lowest BCUT2D eigenvalue weighted by molar-refractivity contribution is -0.139. The smallest absolute Gasteiger partial charge is 0.341 e. The number of hydrogen-bond acceptors (Lipinski definition) is 4. The lowest BCUT2D eigenvalue weighted by Gasteiger charge is -2.13. The Balaban J connectivity index is 2.43. The van der Waals surface area contributed by atoms with Gasteiger partial charge < -0.3 is 14.6 Å². The third-order valence-corrected chi connectivity index (χ3v) is 3.75. The minimum Gasteiger partial charge on any atom is -0.490 e. The first kappa shape index (κ1) is 19.4. The Labute approximate surface area is 157 Å². The third kappa shape index (κ3) is 5.01. The quantitative estimate of drug-likeness (QED) is 0.569. The van der Waals surface area contributed by atoms with Crippen molar-refractivity contribution in [1.82, 2.24) is 0 Å². The molecule has 2 aromatic rings. The van der Waals surface area contributed by atoms with E-state index >= 15 is 0 Å². The van der Waals surface area contributed by atoms with Crippen molar-refractivity contribution in [3.8, 4) is 17.6 Å². The highest BCUT2D eigenvalue weighted by Gasteiger charge is 2.14. The van der Waals surface area contributed by atoms with Crippen molar-refractivity contribution in [1.29, 1.82) is 5.26 Å². The monoisotopic (exact) mass is 371 g/mol. The molecule has 0 amide bonds. The van der Waals surface area contributed by atoms with E-state index in [0.29, 0.717) is 23.5 Å². The zero-order valence-corrected chi connectivity index (χ0v) is 15.2. The minimum atomic E-state index is -1.11. The molecule has 134 valence electrons. The Hall–Kier alpha value is -2.97. The van der Waals surface area contributed by atoms with Crippen LogP contribution >= 0.6 is 11.6 Å². The summed E-state index contributed by atoms with van der Waals surface area (Å²) in [5.41, 5.74) is 3.02.